The van der Waals surface area contributed by atoms with Crippen molar-refractivity contribution in [3.63, 3.8) is 0 Å². The van der Waals surface area contributed by atoms with E-state index >= 15 is 0 Å². The van der Waals surface area contributed by atoms with Crippen LogP contribution < -0.4 is 82.2 Å². The van der Waals surface area contributed by atoms with Crippen molar-refractivity contribution in [2.75, 3.05) is 42.3 Å². The summed E-state index contributed by atoms with van der Waals surface area (Å²) < 4.78 is 84.8. The highest BCUT2D eigenvalue weighted by Gasteiger charge is 2.58. The molecule has 3 atom stereocenters. The molecule has 11 aromatic rings. The molecule has 8 aliphatic rings. The Morgan fingerprint density at radius 3 is 0.786 bits per heavy atom. The van der Waals surface area contributed by atoms with E-state index in [-0.39, 0.29) is 0 Å². The van der Waals surface area contributed by atoms with Gasteiger partial charge in [-0.3, -0.25) is 0 Å². The van der Waals surface area contributed by atoms with Crippen LogP contribution in [0.5, 0.6) is 69.0 Å². The van der Waals surface area contributed by atoms with Gasteiger partial charge in [-0.2, -0.15) is 0 Å². The fraction of sp³-hybridized carbons (Fsp3) is 0.121. The minimum Gasteiger partial charge on any atom is -0.609 e. The Balaban J connectivity index is 0.000000606. The van der Waals surface area contributed by atoms with E-state index in [1.807, 2.05) is 180 Å². The number of benzene rings is 11. The predicted octanol–water partition coefficient (Wildman–Crippen LogP) is 8.58. The first-order chi connectivity index (χ1) is 41.2. The molecule has 9 bridgehead atoms. The summed E-state index contributed by atoms with van der Waals surface area (Å²) in [5, 5.41) is 16.7. The number of fused-ring (bicyclic) bond motifs is 15. The Kier molecular flexibility index (Phi) is 11.0. The van der Waals surface area contributed by atoms with Gasteiger partial charge >= 0.3 is 20.9 Å². The van der Waals surface area contributed by atoms with Gasteiger partial charge in [-0.05, 0) is 114 Å². The maximum atomic E-state index is 7.18. The molecule has 18 heteroatoms. The molecule has 0 amide bonds. The van der Waals surface area contributed by atoms with Gasteiger partial charge in [-0.25, -0.2) is 0 Å². The molecule has 3 spiro atoms. The van der Waals surface area contributed by atoms with E-state index in [0.29, 0.717) is 96.8 Å². The summed E-state index contributed by atoms with van der Waals surface area (Å²) in [5.74, 6) is 5.01. The minimum atomic E-state index is -3.06. The molecule has 416 valence electrons. The third-order valence-corrected chi connectivity index (χ3v) is 16.0. The molecule has 0 aromatic heterocycles. The summed E-state index contributed by atoms with van der Waals surface area (Å²) in [5.41, 5.74) is 4.18. The molecule has 19 rings (SSSR count). The van der Waals surface area contributed by atoms with Gasteiger partial charge in [0.2, 0.25) is 0 Å². The second-order valence-electron chi connectivity index (χ2n) is 21.9. The highest BCUT2D eigenvalue weighted by atomic mass is 16.9. The number of nitrogens with two attached hydrogens (primary N) is 3. The topological polar surface area (TPSA) is 161 Å². The smallest absolute Gasteiger partial charge is 0.609 e. The van der Waals surface area contributed by atoms with Gasteiger partial charge in [0.05, 0.1) is 42.3 Å². The average Bonchev–Trinajstić information content (AvgIpc) is 2.17. The molecule has 84 heavy (non-hydrogen) atoms. The molecular weight excluding hydrogens is 1060 g/mol. The van der Waals surface area contributed by atoms with Crippen molar-refractivity contribution in [3.8, 4) is 102 Å². The van der Waals surface area contributed by atoms with E-state index in [1.165, 1.54) is 0 Å². The van der Waals surface area contributed by atoms with E-state index in [1.54, 1.807) is 0 Å². The van der Waals surface area contributed by atoms with Crippen molar-refractivity contribution in [1.29, 1.82) is 0 Å². The van der Waals surface area contributed by atoms with Crippen LogP contribution in [0, 0.1) is 0 Å². The van der Waals surface area contributed by atoms with Crippen LogP contribution in [0.3, 0.4) is 0 Å². The summed E-state index contributed by atoms with van der Waals surface area (Å²) in [4.78, 5) is 0. The van der Waals surface area contributed by atoms with Crippen LogP contribution in [0.4, 0.5) is 0 Å². The number of quaternary nitrogens is 3. The molecule has 15 nitrogen and oxygen atoms in total. The van der Waals surface area contributed by atoms with Gasteiger partial charge in [-0.1, -0.05) is 133 Å². The number of hydrogen-bond donors (Lipinski definition) is 3. The lowest BCUT2D eigenvalue weighted by Gasteiger charge is -2.28. The molecule has 0 fully saturated rings. The molecule has 0 radical (unpaired) electrons. The highest BCUT2D eigenvalue weighted by Crippen LogP contribution is 2.63. The third-order valence-electron chi connectivity index (χ3n) is 16.0. The van der Waals surface area contributed by atoms with Crippen molar-refractivity contribution >= 4 is 86.9 Å². The van der Waals surface area contributed by atoms with Crippen LogP contribution in [0.1, 0.15) is 12.8 Å². The quantitative estimate of drug-likeness (QED) is 0.124. The molecule has 0 saturated carbocycles. The first-order valence-electron chi connectivity index (χ1n) is 28.7. The van der Waals surface area contributed by atoms with E-state index in [0.717, 1.165) is 82.7 Å². The normalized spacial score (nSPS) is 19.6. The largest absolute Gasteiger partial charge is 0.777 e. The zero-order valence-electron chi connectivity index (χ0n) is 46.9. The molecule has 0 saturated heterocycles. The Bertz CT molecular complexity index is 4810. The van der Waals surface area contributed by atoms with E-state index in [4.69, 9.17) is 55.9 Å². The van der Waals surface area contributed by atoms with E-state index < -0.39 is 20.9 Å². The van der Waals surface area contributed by atoms with Crippen LogP contribution in [0.2, 0.25) is 0 Å². The van der Waals surface area contributed by atoms with Crippen LogP contribution in [0.15, 0.2) is 158 Å². The summed E-state index contributed by atoms with van der Waals surface area (Å²) in [6, 6.07) is 52.4. The lowest BCUT2D eigenvalue weighted by atomic mass is 9.91. The number of rotatable bonds is 0. The summed E-state index contributed by atoms with van der Waals surface area (Å²) >= 11 is 0. The van der Waals surface area contributed by atoms with Crippen molar-refractivity contribution in [1.82, 2.24) is 0 Å². The summed E-state index contributed by atoms with van der Waals surface area (Å²) in [6.45, 7) is -9.16. The van der Waals surface area contributed by atoms with Gasteiger partial charge < -0.3 is 71.8 Å². The number of hydrogen-bond acceptors (Lipinski definition) is 12. The third kappa shape index (κ3) is 7.27. The van der Waals surface area contributed by atoms with Gasteiger partial charge in [0.15, 0.2) is 0 Å². The van der Waals surface area contributed by atoms with Crippen LogP contribution in [0.25, 0.3) is 99.4 Å². The highest BCUT2D eigenvalue weighted by molar-refractivity contribution is 6.61. The molecule has 3 unspecified atom stereocenters. The molecule has 11 aromatic carbocycles. The first kappa shape index (κ1) is 49.9. The van der Waals surface area contributed by atoms with Crippen LogP contribution in [-0.2, 0) is 0 Å². The van der Waals surface area contributed by atoms with Gasteiger partial charge in [0, 0.05) is 33.4 Å². The van der Waals surface area contributed by atoms with Crippen molar-refractivity contribution in [2.24, 2.45) is 0 Å². The fourth-order valence-electron chi connectivity index (χ4n) is 13.0. The monoisotopic (exact) mass is 1120 g/mol. The Morgan fingerprint density at radius 1 is 0.274 bits per heavy atom. The van der Waals surface area contributed by atoms with Crippen molar-refractivity contribution in [3.05, 3.63) is 168 Å². The first-order valence-corrected chi connectivity index (χ1v) is 28.7. The molecule has 7 heterocycles. The Morgan fingerprint density at radius 2 is 0.500 bits per heavy atom. The predicted molar refractivity (Wildman–Crippen MR) is 327 cm³/mol. The second-order valence-corrected chi connectivity index (χ2v) is 21.9. The lowest BCUT2D eigenvalue weighted by molar-refractivity contribution is -0.597. The Labute approximate surface area is 482 Å². The lowest BCUT2D eigenvalue weighted by Crippen LogP contribution is -2.74. The summed E-state index contributed by atoms with van der Waals surface area (Å²) in [7, 11) is 12.0. The Hall–Kier alpha value is -9.87. The maximum absolute atomic E-state index is 7.18. The van der Waals surface area contributed by atoms with E-state index in [9.17, 15) is 0 Å². The minimum absolute atomic E-state index is 0.399. The van der Waals surface area contributed by atoms with Crippen LogP contribution in [-0.4, -0.2) is 63.2 Å². The van der Waals surface area contributed by atoms with Gasteiger partial charge in [-0.15, -0.1) is 0 Å². The van der Waals surface area contributed by atoms with E-state index in [2.05, 4.69) is 48.6 Å². The van der Waals surface area contributed by atoms with Crippen molar-refractivity contribution in [2.45, 2.75) is 12.8 Å². The summed E-state index contributed by atoms with van der Waals surface area (Å²) in [6.07, 6.45) is 6.10. The molecule has 6 N–H and O–H groups in total. The maximum Gasteiger partial charge on any atom is 0.777 e. The average molecular weight is 1120 g/mol. The zero-order chi connectivity index (χ0) is 56.6. The standard InChI is InChI=1S/C60H32B3O12.3C2H7N/c1-7-19-37-31(13-1)25-43-55-49(37)50-38-20-8-2-14-32(38)26-44-56(50)71-62(66-44)67-46-28-34-16-5-11-23-41(34)53(58(46)73-62)54-42-24-12-6-18-36(42)30-48-60(54)75-63(69-48)68-47-29-35-17-4-10-22-40(35)52(59(47)74-63)51-39-21-9-3-15-33(39)27-45-57(51)72-61(64-43,65-45)70-55;3*1-3-2/h1-5,7-11,13-30H,6,12H2;3*3H,1-2H3/q-3;;;/p+3. The molecule has 1 aliphatic carbocycles. The SMILES string of the molecule is C1=c2cc3c4c(c2=CCC1)-c1c2c(cc5ccccc15)O[B-]1(Oc5cc6ccccc6c(c5O1)-c1c5c(cc6ccccc16)O[B-]1(Oc6cc7ccccc7c(c6O1)-c1c6c(cc7ccccc17)O[B-](O3)(O4)O6)O5)O2.C[NH2+]C.C[NH2+]C.C[NH2+]C. The van der Waals surface area contributed by atoms with Gasteiger partial charge in [0.1, 0.15) is 69.0 Å². The molecule has 7 aliphatic heterocycles. The second kappa shape index (κ2) is 18.6. The fourth-order valence-corrected chi connectivity index (χ4v) is 13.0. The zero-order valence-corrected chi connectivity index (χ0v) is 46.9. The van der Waals surface area contributed by atoms with Gasteiger partial charge in [0.25, 0.3) is 0 Å². The van der Waals surface area contributed by atoms with Crippen LogP contribution >= 0.6 is 0 Å². The van der Waals surface area contributed by atoms with Crippen molar-refractivity contribution < 1.29 is 71.8 Å². The molecular formula is C66H56B3N3O12.